The second kappa shape index (κ2) is 6.23. The molecule has 96 valence electrons. The summed E-state index contributed by atoms with van der Waals surface area (Å²) in [6.07, 6.45) is 0. The van der Waals surface area contributed by atoms with Crippen LogP contribution in [0.1, 0.15) is 30.9 Å². The molecule has 0 aliphatic heterocycles. The summed E-state index contributed by atoms with van der Waals surface area (Å²) in [5.74, 6) is 6.86. The van der Waals surface area contributed by atoms with Gasteiger partial charge in [0.1, 0.15) is 0 Å². The van der Waals surface area contributed by atoms with Crippen LogP contribution in [0.5, 0.6) is 11.5 Å². The molecule has 0 radical (unpaired) electrons. The first-order chi connectivity index (χ1) is 8.06. The van der Waals surface area contributed by atoms with Crippen molar-refractivity contribution in [3.05, 3.63) is 21.7 Å². The lowest BCUT2D eigenvalue weighted by atomic mass is 9.96. The third-order valence-electron chi connectivity index (χ3n) is 2.54. The molecule has 0 saturated carbocycles. The summed E-state index contributed by atoms with van der Waals surface area (Å²) < 4.78 is 11.6. The second-order valence-corrected chi connectivity index (χ2v) is 4.82. The van der Waals surface area contributed by atoms with Crippen LogP contribution in [-0.4, -0.2) is 14.2 Å². The summed E-state index contributed by atoms with van der Waals surface area (Å²) in [4.78, 5) is 4.73. The molecule has 4 nitrogen and oxygen atoms in total. The molecule has 2 N–H and O–H groups in total. The monoisotopic (exact) mass is 303 g/mol. The van der Waals surface area contributed by atoms with Gasteiger partial charge in [0.25, 0.3) is 0 Å². The van der Waals surface area contributed by atoms with Crippen LogP contribution >= 0.6 is 15.9 Å². The summed E-state index contributed by atoms with van der Waals surface area (Å²) in [6.45, 7) is 4.52. The number of halogens is 1. The van der Waals surface area contributed by atoms with Crippen LogP contribution in [0, 0.1) is 0 Å². The Bertz CT molecular complexity index is 394. The van der Waals surface area contributed by atoms with Gasteiger partial charge in [-0.05, 0) is 33.5 Å². The molecule has 1 aromatic carbocycles. The van der Waals surface area contributed by atoms with Gasteiger partial charge < -0.3 is 9.47 Å². The highest BCUT2D eigenvalue weighted by Gasteiger charge is 2.20. The highest BCUT2D eigenvalue weighted by molar-refractivity contribution is 9.10. The highest BCUT2D eigenvalue weighted by Crippen LogP contribution is 2.43. The Kier molecular flexibility index (Phi) is 5.24. The van der Waals surface area contributed by atoms with Crippen LogP contribution in [0.4, 0.5) is 0 Å². The van der Waals surface area contributed by atoms with Crippen molar-refractivity contribution in [2.75, 3.05) is 14.2 Å². The van der Waals surface area contributed by atoms with E-state index >= 15 is 0 Å². The van der Waals surface area contributed by atoms with Gasteiger partial charge in [0, 0.05) is 5.56 Å². The largest absolute Gasteiger partial charge is 0.493 e. The first-order valence-corrected chi connectivity index (χ1v) is 6.11. The van der Waals surface area contributed by atoms with Crippen molar-refractivity contribution in [1.82, 2.24) is 0 Å². The van der Waals surface area contributed by atoms with E-state index in [-0.39, 0.29) is 5.92 Å². The van der Waals surface area contributed by atoms with E-state index in [0.717, 1.165) is 21.3 Å². The minimum Gasteiger partial charge on any atom is -0.493 e. The first kappa shape index (κ1) is 14.3. The molecule has 0 saturated heterocycles. The van der Waals surface area contributed by atoms with Gasteiger partial charge in [-0.3, -0.25) is 4.84 Å². The van der Waals surface area contributed by atoms with E-state index in [1.165, 1.54) is 0 Å². The topological polar surface area (TPSA) is 53.7 Å². The van der Waals surface area contributed by atoms with E-state index in [9.17, 15) is 0 Å². The Morgan fingerprint density at radius 1 is 1.24 bits per heavy atom. The Labute approximate surface area is 110 Å². The van der Waals surface area contributed by atoms with Crippen LogP contribution in [0.3, 0.4) is 0 Å². The maximum atomic E-state index is 5.45. The van der Waals surface area contributed by atoms with Gasteiger partial charge in [-0.2, -0.15) is 0 Å². The van der Waals surface area contributed by atoms with Gasteiger partial charge in [-0.1, -0.05) is 13.8 Å². The maximum Gasteiger partial charge on any atom is 0.175 e. The fourth-order valence-corrected chi connectivity index (χ4v) is 2.53. The molecule has 0 aliphatic rings. The fraction of sp³-hybridized carbons (Fsp3) is 0.500. The zero-order valence-electron chi connectivity index (χ0n) is 10.5. The standard InChI is InChI=1S/C12H18BrNO3/c1-7(2)10-8(6-17-14)5-9(13)11(15-3)12(10)16-4/h5,7H,6,14H2,1-4H3. The van der Waals surface area contributed by atoms with Crippen molar-refractivity contribution in [1.29, 1.82) is 0 Å². The van der Waals surface area contributed by atoms with Gasteiger partial charge in [0.15, 0.2) is 11.5 Å². The number of hydrogen-bond donors (Lipinski definition) is 1. The normalized spacial score (nSPS) is 10.8. The average Bonchev–Trinajstić information content (AvgIpc) is 2.27. The molecular formula is C12H18BrNO3. The van der Waals surface area contributed by atoms with E-state index in [0.29, 0.717) is 12.4 Å². The molecule has 17 heavy (non-hydrogen) atoms. The minimum absolute atomic E-state index is 0.289. The third-order valence-corrected chi connectivity index (χ3v) is 3.13. The summed E-state index contributed by atoms with van der Waals surface area (Å²) >= 11 is 3.45. The Balaban J connectivity index is 3.47. The molecule has 0 spiro atoms. The lowest BCUT2D eigenvalue weighted by molar-refractivity contribution is 0.123. The Hall–Kier alpha value is -0.780. The number of rotatable bonds is 5. The summed E-state index contributed by atoms with van der Waals surface area (Å²) in [5.41, 5.74) is 2.05. The molecule has 5 heteroatoms. The van der Waals surface area contributed by atoms with Crippen LogP contribution in [-0.2, 0) is 11.4 Å². The van der Waals surface area contributed by atoms with Gasteiger partial charge >= 0.3 is 0 Å². The molecule has 0 heterocycles. The van der Waals surface area contributed by atoms with Crippen molar-refractivity contribution in [3.8, 4) is 11.5 Å². The molecule has 0 fully saturated rings. The Morgan fingerprint density at radius 3 is 2.24 bits per heavy atom. The minimum atomic E-state index is 0.289. The van der Waals surface area contributed by atoms with Crippen molar-refractivity contribution in [2.24, 2.45) is 5.90 Å². The van der Waals surface area contributed by atoms with Crippen LogP contribution < -0.4 is 15.4 Å². The van der Waals surface area contributed by atoms with Gasteiger partial charge in [-0.15, -0.1) is 0 Å². The van der Waals surface area contributed by atoms with Gasteiger partial charge in [0.05, 0.1) is 25.3 Å². The van der Waals surface area contributed by atoms with Crippen molar-refractivity contribution in [3.63, 3.8) is 0 Å². The van der Waals surface area contributed by atoms with E-state index < -0.39 is 0 Å². The molecule has 0 aliphatic carbocycles. The number of nitrogens with two attached hydrogens (primary N) is 1. The molecule has 1 rings (SSSR count). The summed E-state index contributed by atoms with van der Waals surface area (Å²) in [7, 11) is 3.25. The number of ether oxygens (including phenoxy) is 2. The predicted molar refractivity (Wildman–Crippen MR) is 70.3 cm³/mol. The van der Waals surface area contributed by atoms with Crippen LogP contribution in [0.25, 0.3) is 0 Å². The third kappa shape index (κ3) is 2.91. The molecule has 0 aromatic heterocycles. The smallest absolute Gasteiger partial charge is 0.175 e. The van der Waals surface area contributed by atoms with E-state index in [1.54, 1.807) is 14.2 Å². The second-order valence-electron chi connectivity index (χ2n) is 3.96. The first-order valence-electron chi connectivity index (χ1n) is 5.31. The molecular weight excluding hydrogens is 286 g/mol. The molecule has 0 amide bonds. The SMILES string of the molecule is COc1c(Br)cc(CON)c(C(C)C)c1OC. The van der Waals surface area contributed by atoms with Crippen molar-refractivity contribution >= 4 is 15.9 Å². The summed E-state index contributed by atoms with van der Waals surface area (Å²) in [6, 6.07) is 1.95. The number of benzene rings is 1. The van der Waals surface area contributed by atoms with Crippen molar-refractivity contribution in [2.45, 2.75) is 26.4 Å². The summed E-state index contributed by atoms with van der Waals surface area (Å²) in [5, 5.41) is 0. The molecule has 0 atom stereocenters. The fourth-order valence-electron chi connectivity index (χ4n) is 1.91. The average molecular weight is 304 g/mol. The maximum absolute atomic E-state index is 5.45. The van der Waals surface area contributed by atoms with E-state index in [1.807, 2.05) is 6.07 Å². The van der Waals surface area contributed by atoms with E-state index in [2.05, 4.69) is 29.8 Å². The molecule has 0 unspecified atom stereocenters. The highest BCUT2D eigenvalue weighted by atomic mass is 79.9. The molecule has 0 bridgehead atoms. The van der Waals surface area contributed by atoms with Crippen LogP contribution in [0.15, 0.2) is 10.5 Å². The quantitative estimate of drug-likeness (QED) is 0.850. The number of hydrogen-bond acceptors (Lipinski definition) is 4. The zero-order valence-corrected chi connectivity index (χ0v) is 12.1. The number of methoxy groups -OCH3 is 2. The lowest BCUT2D eigenvalue weighted by Gasteiger charge is -2.20. The Morgan fingerprint density at radius 2 is 1.82 bits per heavy atom. The van der Waals surface area contributed by atoms with Gasteiger partial charge in [-0.25, -0.2) is 5.90 Å². The molecule has 1 aromatic rings. The van der Waals surface area contributed by atoms with E-state index in [4.69, 9.17) is 20.2 Å². The van der Waals surface area contributed by atoms with Crippen LogP contribution in [0.2, 0.25) is 0 Å². The predicted octanol–water partition coefficient (Wildman–Crippen LogP) is 2.98. The van der Waals surface area contributed by atoms with Gasteiger partial charge in [0.2, 0.25) is 0 Å². The lowest BCUT2D eigenvalue weighted by Crippen LogP contribution is -2.07. The zero-order chi connectivity index (χ0) is 13.0. The van der Waals surface area contributed by atoms with Crippen molar-refractivity contribution < 1.29 is 14.3 Å².